The Morgan fingerprint density at radius 2 is 2.42 bits per heavy atom. The molecule has 1 aliphatic heterocycles. The molecule has 1 unspecified atom stereocenters. The van der Waals surface area contributed by atoms with Gasteiger partial charge in [-0.1, -0.05) is 6.42 Å². The van der Waals surface area contributed by atoms with Crippen molar-refractivity contribution in [1.29, 1.82) is 0 Å². The number of hydrogen-bond donors (Lipinski definition) is 2. The van der Waals surface area contributed by atoms with Gasteiger partial charge in [0.1, 0.15) is 0 Å². The molecule has 70 valence electrons. The van der Waals surface area contributed by atoms with Crippen LogP contribution in [-0.4, -0.2) is 30.0 Å². The molecule has 0 radical (unpaired) electrons. The van der Waals surface area contributed by atoms with E-state index >= 15 is 0 Å². The topological polar surface area (TPSA) is 55.1 Å². The van der Waals surface area contributed by atoms with Crippen LogP contribution < -0.4 is 11.1 Å². The zero-order valence-corrected chi connectivity index (χ0v) is 8.03. The maximum absolute atomic E-state index is 11.3. The van der Waals surface area contributed by atoms with Crippen molar-refractivity contribution in [2.75, 3.05) is 18.8 Å². The van der Waals surface area contributed by atoms with Crippen molar-refractivity contribution in [1.82, 2.24) is 5.32 Å². The summed E-state index contributed by atoms with van der Waals surface area (Å²) in [6.45, 7) is 1.51. The van der Waals surface area contributed by atoms with Crippen molar-refractivity contribution in [3.05, 3.63) is 0 Å². The fourth-order valence-electron chi connectivity index (χ4n) is 1.28. The second-order valence-electron chi connectivity index (χ2n) is 2.93. The van der Waals surface area contributed by atoms with Gasteiger partial charge in [-0.2, -0.15) is 0 Å². The predicted molar refractivity (Wildman–Crippen MR) is 52.2 cm³/mol. The summed E-state index contributed by atoms with van der Waals surface area (Å²) < 4.78 is 0. The first-order valence-corrected chi connectivity index (χ1v) is 5.49. The first-order valence-electron chi connectivity index (χ1n) is 4.44. The minimum atomic E-state index is 0.149. The molecule has 4 heteroatoms. The maximum Gasteiger partial charge on any atom is 0.233 e. The van der Waals surface area contributed by atoms with Gasteiger partial charge in [0, 0.05) is 18.8 Å². The maximum atomic E-state index is 11.3. The SMILES string of the molecule is NCCSC1CCCCNC1=O. The van der Waals surface area contributed by atoms with Crippen LogP contribution >= 0.6 is 11.8 Å². The fraction of sp³-hybridized carbons (Fsp3) is 0.875. The third kappa shape index (κ3) is 3.03. The Morgan fingerprint density at radius 1 is 1.58 bits per heavy atom. The normalized spacial score (nSPS) is 24.8. The van der Waals surface area contributed by atoms with E-state index in [1.807, 2.05) is 0 Å². The number of amides is 1. The molecule has 1 aliphatic rings. The number of rotatable bonds is 3. The lowest BCUT2D eigenvalue weighted by Crippen LogP contribution is -2.31. The number of carbonyl (C=O) groups is 1. The van der Waals surface area contributed by atoms with E-state index in [0.717, 1.165) is 31.6 Å². The van der Waals surface area contributed by atoms with Crippen LogP contribution in [0.1, 0.15) is 19.3 Å². The molecular formula is C8H16N2OS. The number of thioether (sulfide) groups is 1. The van der Waals surface area contributed by atoms with Crippen molar-refractivity contribution in [3.63, 3.8) is 0 Å². The summed E-state index contributed by atoms with van der Waals surface area (Å²) in [5.74, 6) is 1.09. The highest BCUT2D eigenvalue weighted by Crippen LogP contribution is 2.18. The molecule has 0 bridgehead atoms. The highest BCUT2D eigenvalue weighted by molar-refractivity contribution is 8.00. The van der Waals surface area contributed by atoms with Crippen LogP contribution in [0.15, 0.2) is 0 Å². The molecule has 3 nitrogen and oxygen atoms in total. The monoisotopic (exact) mass is 188 g/mol. The molecule has 1 amide bonds. The second kappa shape index (κ2) is 5.43. The molecule has 0 aromatic rings. The molecule has 0 aromatic heterocycles. The van der Waals surface area contributed by atoms with E-state index in [9.17, 15) is 4.79 Å². The Labute approximate surface area is 77.5 Å². The summed E-state index contributed by atoms with van der Waals surface area (Å²) in [4.78, 5) is 11.3. The Bertz CT molecular complexity index is 152. The van der Waals surface area contributed by atoms with E-state index in [4.69, 9.17) is 5.73 Å². The highest BCUT2D eigenvalue weighted by atomic mass is 32.2. The standard InChI is InChI=1S/C8H16N2OS/c9-4-6-12-7-3-1-2-5-10-8(7)11/h7H,1-6,9H2,(H,10,11). The van der Waals surface area contributed by atoms with Gasteiger partial charge in [0.2, 0.25) is 5.91 Å². The molecule has 1 rings (SSSR count). The highest BCUT2D eigenvalue weighted by Gasteiger charge is 2.19. The Morgan fingerprint density at radius 3 is 3.17 bits per heavy atom. The largest absolute Gasteiger partial charge is 0.355 e. The van der Waals surface area contributed by atoms with Crippen molar-refractivity contribution >= 4 is 17.7 Å². The molecule has 1 fully saturated rings. The summed E-state index contributed by atoms with van der Waals surface area (Å²) in [7, 11) is 0. The van der Waals surface area contributed by atoms with Crippen LogP contribution in [0.2, 0.25) is 0 Å². The van der Waals surface area contributed by atoms with Gasteiger partial charge in [-0.25, -0.2) is 0 Å². The van der Waals surface area contributed by atoms with Gasteiger partial charge in [0.05, 0.1) is 5.25 Å². The third-order valence-electron chi connectivity index (χ3n) is 1.92. The number of carbonyl (C=O) groups excluding carboxylic acids is 1. The zero-order valence-electron chi connectivity index (χ0n) is 7.21. The van der Waals surface area contributed by atoms with Crippen LogP contribution in [0.5, 0.6) is 0 Å². The molecule has 1 atom stereocenters. The van der Waals surface area contributed by atoms with Gasteiger partial charge < -0.3 is 11.1 Å². The van der Waals surface area contributed by atoms with Crippen molar-refractivity contribution in [2.24, 2.45) is 5.73 Å². The number of nitrogens with two attached hydrogens (primary N) is 1. The minimum absolute atomic E-state index is 0.149. The van der Waals surface area contributed by atoms with Gasteiger partial charge in [-0.05, 0) is 12.8 Å². The molecule has 12 heavy (non-hydrogen) atoms. The minimum Gasteiger partial charge on any atom is -0.355 e. The van der Waals surface area contributed by atoms with Crippen LogP contribution in [0.25, 0.3) is 0 Å². The fourth-order valence-corrected chi connectivity index (χ4v) is 2.27. The van der Waals surface area contributed by atoms with Crippen molar-refractivity contribution in [3.8, 4) is 0 Å². The summed E-state index contributed by atoms with van der Waals surface area (Å²) >= 11 is 1.68. The quantitative estimate of drug-likeness (QED) is 0.672. The first kappa shape index (κ1) is 9.86. The molecule has 3 N–H and O–H groups in total. The second-order valence-corrected chi connectivity index (χ2v) is 4.25. The number of hydrogen-bond acceptors (Lipinski definition) is 3. The molecular weight excluding hydrogens is 172 g/mol. The number of nitrogens with one attached hydrogen (secondary N) is 1. The van der Waals surface area contributed by atoms with Crippen LogP contribution in [-0.2, 0) is 4.79 Å². The molecule has 0 saturated carbocycles. The Hall–Kier alpha value is -0.220. The van der Waals surface area contributed by atoms with Crippen LogP contribution in [0.4, 0.5) is 0 Å². The Balaban J connectivity index is 2.31. The van der Waals surface area contributed by atoms with Crippen LogP contribution in [0, 0.1) is 0 Å². The van der Waals surface area contributed by atoms with Gasteiger partial charge in [-0.3, -0.25) is 4.79 Å². The molecule has 1 heterocycles. The molecule has 0 aromatic carbocycles. The summed E-state index contributed by atoms with van der Waals surface area (Å²) in [5, 5.41) is 3.05. The van der Waals surface area contributed by atoms with E-state index < -0.39 is 0 Å². The molecule has 1 saturated heterocycles. The first-order chi connectivity index (χ1) is 5.84. The van der Waals surface area contributed by atoms with Gasteiger partial charge in [0.25, 0.3) is 0 Å². The smallest absolute Gasteiger partial charge is 0.233 e. The lowest BCUT2D eigenvalue weighted by Gasteiger charge is -2.11. The van der Waals surface area contributed by atoms with Crippen molar-refractivity contribution < 1.29 is 4.79 Å². The summed E-state index contributed by atoms with van der Waals surface area (Å²) in [6.07, 6.45) is 3.28. The van der Waals surface area contributed by atoms with E-state index in [0.29, 0.717) is 6.54 Å². The van der Waals surface area contributed by atoms with Gasteiger partial charge >= 0.3 is 0 Å². The predicted octanol–water partition coefficient (Wildman–Crippen LogP) is 0.347. The Kier molecular flexibility index (Phi) is 4.46. The van der Waals surface area contributed by atoms with E-state index in [1.54, 1.807) is 11.8 Å². The average Bonchev–Trinajstić information content (AvgIpc) is 2.27. The summed E-state index contributed by atoms with van der Waals surface area (Å²) in [6, 6.07) is 0. The zero-order chi connectivity index (χ0) is 8.81. The van der Waals surface area contributed by atoms with E-state index in [2.05, 4.69) is 5.32 Å². The van der Waals surface area contributed by atoms with Crippen molar-refractivity contribution in [2.45, 2.75) is 24.5 Å². The van der Waals surface area contributed by atoms with E-state index in [1.165, 1.54) is 0 Å². The molecule has 0 aliphatic carbocycles. The lowest BCUT2D eigenvalue weighted by molar-refractivity contribution is -0.120. The van der Waals surface area contributed by atoms with Gasteiger partial charge in [-0.15, -0.1) is 11.8 Å². The van der Waals surface area contributed by atoms with Crippen LogP contribution in [0.3, 0.4) is 0 Å². The lowest BCUT2D eigenvalue weighted by atomic mass is 10.2. The summed E-state index contributed by atoms with van der Waals surface area (Å²) in [5.41, 5.74) is 5.38. The van der Waals surface area contributed by atoms with E-state index in [-0.39, 0.29) is 11.2 Å². The average molecular weight is 188 g/mol. The van der Waals surface area contributed by atoms with Gasteiger partial charge in [0.15, 0.2) is 0 Å². The molecule has 0 spiro atoms. The third-order valence-corrected chi connectivity index (χ3v) is 3.25.